The molecule has 3 rings (SSSR count). The Kier molecular flexibility index (Phi) is 5.87. The molecule has 6 heteroatoms. The molecule has 0 aliphatic heterocycles. The second-order valence-corrected chi connectivity index (χ2v) is 9.88. The number of sulfonamides is 1. The van der Waals surface area contributed by atoms with Crippen LogP contribution in [0, 0.1) is 6.57 Å². The largest absolute Gasteiger partial charge is 0.312 e. The van der Waals surface area contributed by atoms with Crippen LogP contribution in [0.15, 0.2) is 48.5 Å². The molecule has 0 unspecified atom stereocenters. The van der Waals surface area contributed by atoms with Gasteiger partial charge in [0.05, 0.1) is 11.3 Å². The van der Waals surface area contributed by atoms with Crippen molar-refractivity contribution in [2.75, 3.05) is 0 Å². The van der Waals surface area contributed by atoms with E-state index in [1.807, 2.05) is 36.4 Å². The fraction of sp³-hybridized carbons (Fsp3) is 0.409. The second kappa shape index (κ2) is 8.02. The van der Waals surface area contributed by atoms with Gasteiger partial charge in [-0.15, -0.1) is 0 Å². The summed E-state index contributed by atoms with van der Waals surface area (Å²) >= 11 is 0. The van der Waals surface area contributed by atoms with Crippen LogP contribution in [0.2, 0.25) is 0 Å². The Labute approximate surface area is 166 Å². The lowest BCUT2D eigenvalue weighted by Crippen LogP contribution is -2.46. The van der Waals surface area contributed by atoms with Gasteiger partial charge in [0.15, 0.2) is 5.67 Å². The van der Waals surface area contributed by atoms with Crippen LogP contribution < -0.4 is 4.72 Å². The molecule has 0 bridgehead atoms. The van der Waals surface area contributed by atoms with E-state index < -0.39 is 27.0 Å². The average molecular weight is 401 g/mol. The molecule has 0 radical (unpaired) electrons. The third-order valence-electron chi connectivity index (χ3n) is 5.43. The summed E-state index contributed by atoms with van der Waals surface area (Å²) in [5.74, 6) is 0. The Morgan fingerprint density at radius 1 is 1.14 bits per heavy atom. The van der Waals surface area contributed by atoms with Crippen molar-refractivity contribution in [2.24, 2.45) is 0 Å². The Hall–Kier alpha value is -2.23. The molecule has 1 aliphatic carbocycles. The predicted molar refractivity (Wildman–Crippen MR) is 110 cm³/mol. The lowest BCUT2D eigenvalue weighted by Gasteiger charge is -2.29. The average Bonchev–Trinajstić information content (AvgIpc) is 3.04. The third-order valence-corrected chi connectivity index (χ3v) is 7.28. The molecule has 0 aromatic heterocycles. The van der Waals surface area contributed by atoms with Crippen molar-refractivity contribution in [3.63, 3.8) is 0 Å². The van der Waals surface area contributed by atoms with Crippen LogP contribution in [0.25, 0.3) is 16.0 Å². The van der Waals surface area contributed by atoms with E-state index in [-0.39, 0.29) is 0 Å². The van der Waals surface area contributed by atoms with Gasteiger partial charge in [0, 0.05) is 5.56 Å². The number of rotatable bonds is 6. The fourth-order valence-corrected chi connectivity index (χ4v) is 4.61. The second-order valence-electron chi connectivity index (χ2n) is 7.61. The van der Waals surface area contributed by atoms with E-state index in [0.717, 1.165) is 16.7 Å². The van der Waals surface area contributed by atoms with Crippen molar-refractivity contribution in [2.45, 2.75) is 56.6 Å². The van der Waals surface area contributed by atoms with Gasteiger partial charge in [-0.2, -0.15) is 0 Å². The Balaban J connectivity index is 1.82. The van der Waals surface area contributed by atoms with E-state index in [0.29, 0.717) is 31.4 Å². The van der Waals surface area contributed by atoms with Gasteiger partial charge in [-0.1, -0.05) is 48.5 Å². The van der Waals surface area contributed by atoms with Crippen molar-refractivity contribution < 1.29 is 12.8 Å². The van der Waals surface area contributed by atoms with E-state index in [1.165, 1.54) is 0 Å². The quantitative estimate of drug-likeness (QED) is 0.707. The van der Waals surface area contributed by atoms with E-state index in [9.17, 15) is 8.42 Å². The molecule has 0 spiro atoms. The summed E-state index contributed by atoms with van der Waals surface area (Å²) in [5.41, 5.74) is 1.73. The molecule has 1 N–H and O–H groups in total. The Morgan fingerprint density at radius 3 is 2.25 bits per heavy atom. The van der Waals surface area contributed by atoms with Gasteiger partial charge in [0.25, 0.3) is 0 Å². The summed E-state index contributed by atoms with van der Waals surface area (Å²) in [5, 5.41) is -0.592. The SMILES string of the molecule is [C-]#[N+]Cc1ccc(-c2ccc([C@@]3(F)CCC[C@@H]3NS(=O)(=O)C(C)C)cc2)cc1. The minimum Gasteiger partial charge on any atom is -0.312 e. The molecule has 0 heterocycles. The summed E-state index contributed by atoms with van der Waals surface area (Å²) < 4.78 is 42.8. The lowest BCUT2D eigenvalue weighted by atomic mass is 9.89. The Bertz CT molecular complexity index is 963. The van der Waals surface area contributed by atoms with Crippen molar-refractivity contribution in [1.82, 2.24) is 4.72 Å². The zero-order valence-corrected chi connectivity index (χ0v) is 17.0. The third kappa shape index (κ3) is 4.11. The number of halogens is 1. The highest BCUT2D eigenvalue weighted by Gasteiger charge is 2.46. The highest BCUT2D eigenvalue weighted by atomic mass is 32.2. The number of nitrogens with one attached hydrogen (secondary N) is 1. The molecule has 2 aromatic rings. The van der Waals surface area contributed by atoms with Gasteiger partial charge in [-0.25, -0.2) is 24.1 Å². The number of nitrogens with zero attached hydrogens (tertiary/aromatic N) is 1. The first-order valence-electron chi connectivity index (χ1n) is 9.49. The summed E-state index contributed by atoms with van der Waals surface area (Å²) in [6.07, 6.45) is 1.45. The zero-order valence-electron chi connectivity index (χ0n) is 16.2. The van der Waals surface area contributed by atoms with Crippen LogP contribution in [-0.2, 0) is 22.2 Å². The summed E-state index contributed by atoms with van der Waals surface area (Å²) in [7, 11) is -3.53. The van der Waals surface area contributed by atoms with Gasteiger partial charge in [0.2, 0.25) is 16.6 Å². The molecule has 4 nitrogen and oxygen atoms in total. The van der Waals surface area contributed by atoms with Gasteiger partial charge >= 0.3 is 0 Å². The van der Waals surface area contributed by atoms with E-state index in [2.05, 4.69) is 9.57 Å². The number of hydrogen-bond donors (Lipinski definition) is 1. The lowest BCUT2D eigenvalue weighted by molar-refractivity contribution is 0.142. The monoisotopic (exact) mass is 400 g/mol. The normalized spacial score (nSPS) is 22.3. The van der Waals surface area contributed by atoms with Gasteiger partial charge in [-0.05, 0) is 49.8 Å². The summed E-state index contributed by atoms with van der Waals surface area (Å²) in [6, 6.07) is 14.3. The van der Waals surface area contributed by atoms with Crippen molar-refractivity contribution in [1.29, 1.82) is 0 Å². The van der Waals surface area contributed by atoms with E-state index in [1.54, 1.807) is 26.0 Å². The minimum atomic E-state index is -3.53. The summed E-state index contributed by atoms with van der Waals surface area (Å²) in [6.45, 7) is 10.5. The van der Waals surface area contributed by atoms with Gasteiger partial charge in [0.1, 0.15) is 0 Å². The van der Waals surface area contributed by atoms with E-state index >= 15 is 4.39 Å². The van der Waals surface area contributed by atoms with Gasteiger partial charge in [-0.3, -0.25) is 0 Å². The molecular formula is C22H25FN2O2S. The first-order valence-corrected chi connectivity index (χ1v) is 11.0. The number of alkyl halides is 1. The van der Waals surface area contributed by atoms with Crippen LogP contribution in [0.5, 0.6) is 0 Å². The molecule has 0 saturated heterocycles. The van der Waals surface area contributed by atoms with Crippen molar-refractivity contribution in [3.05, 3.63) is 71.1 Å². The van der Waals surface area contributed by atoms with Crippen molar-refractivity contribution >= 4 is 10.0 Å². The molecule has 0 amide bonds. The predicted octanol–water partition coefficient (Wildman–Crippen LogP) is 4.82. The highest BCUT2D eigenvalue weighted by molar-refractivity contribution is 7.90. The first-order chi connectivity index (χ1) is 13.3. The van der Waals surface area contributed by atoms with Crippen molar-refractivity contribution in [3.8, 4) is 11.1 Å². The topological polar surface area (TPSA) is 50.5 Å². The van der Waals surface area contributed by atoms with Crippen LogP contribution >= 0.6 is 0 Å². The van der Waals surface area contributed by atoms with Crippen LogP contribution in [0.1, 0.15) is 44.2 Å². The standard InChI is InChI=1S/C22H25FN2O2S/c1-16(2)28(26,27)25-21-5-4-14-22(21,23)20-12-10-19(11-13-20)18-8-6-17(7-9-18)15-24-3/h6-13,16,21,25H,4-5,14-15H2,1-2H3/t21-,22-/m0/s1. The molecule has 1 saturated carbocycles. The van der Waals surface area contributed by atoms with E-state index in [4.69, 9.17) is 6.57 Å². The summed E-state index contributed by atoms with van der Waals surface area (Å²) in [4.78, 5) is 3.37. The molecule has 2 aromatic carbocycles. The molecule has 148 valence electrons. The fourth-order valence-electron chi connectivity index (χ4n) is 3.63. The number of hydrogen-bond acceptors (Lipinski definition) is 2. The molecule has 1 fully saturated rings. The smallest absolute Gasteiger partial charge is 0.239 e. The molecule has 2 atom stereocenters. The molecule has 1 aliphatic rings. The van der Waals surface area contributed by atoms with Crippen LogP contribution in [0.4, 0.5) is 4.39 Å². The highest BCUT2D eigenvalue weighted by Crippen LogP contribution is 2.43. The maximum absolute atomic E-state index is 15.8. The minimum absolute atomic E-state index is 0.308. The first kappa shape index (κ1) is 20.5. The Morgan fingerprint density at radius 2 is 1.71 bits per heavy atom. The van der Waals surface area contributed by atoms with Crippen LogP contribution in [-0.4, -0.2) is 19.7 Å². The molecular weight excluding hydrogens is 375 g/mol. The zero-order chi connectivity index (χ0) is 20.4. The maximum atomic E-state index is 15.8. The van der Waals surface area contributed by atoms with Crippen LogP contribution in [0.3, 0.4) is 0 Å². The molecule has 28 heavy (non-hydrogen) atoms. The number of benzene rings is 2. The van der Waals surface area contributed by atoms with Gasteiger partial charge < -0.3 is 4.85 Å². The maximum Gasteiger partial charge on any atom is 0.239 e.